The van der Waals surface area contributed by atoms with Crippen LogP contribution in [0.1, 0.15) is 6.92 Å². The highest BCUT2D eigenvalue weighted by Crippen LogP contribution is 2.23. The first-order valence-corrected chi connectivity index (χ1v) is 4.93. The topological polar surface area (TPSA) is 95.9 Å². The number of carboxylic acids is 1. The van der Waals surface area contributed by atoms with Crippen molar-refractivity contribution in [1.82, 2.24) is 5.32 Å². The molecule has 1 atom stereocenters. The van der Waals surface area contributed by atoms with E-state index in [1.165, 1.54) is 19.1 Å². The number of phenols is 1. The highest BCUT2D eigenvalue weighted by molar-refractivity contribution is 5.84. The van der Waals surface area contributed by atoms with Crippen LogP contribution in [0.15, 0.2) is 24.3 Å². The minimum Gasteiger partial charge on any atom is -0.504 e. The lowest BCUT2D eigenvalue weighted by molar-refractivity contribution is -0.141. The van der Waals surface area contributed by atoms with E-state index in [2.05, 4.69) is 5.32 Å². The van der Waals surface area contributed by atoms with E-state index >= 15 is 0 Å². The molecule has 0 aliphatic rings. The van der Waals surface area contributed by atoms with Gasteiger partial charge in [0.25, 0.3) is 5.91 Å². The van der Waals surface area contributed by atoms with Crippen molar-refractivity contribution in [2.45, 2.75) is 13.0 Å². The summed E-state index contributed by atoms with van der Waals surface area (Å²) in [6, 6.07) is 5.22. The van der Waals surface area contributed by atoms with Crippen molar-refractivity contribution in [1.29, 1.82) is 0 Å². The van der Waals surface area contributed by atoms with Crippen molar-refractivity contribution in [2.24, 2.45) is 0 Å². The first-order chi connectivity index (χ1) is 8.00. The maximum absolute atomic E-state index is 11.3. The number of aromatic hydroxyl groups is 1. The second kappa shape index (κ2) is 5.74. The zero-order chi connectivity index (χ0) is 12.8. The minimum atomic E-state index is -1.12. The van der Waals surface area contributed by atoms with Crippen molar-refractivity contribution >= 4 is 11.9 Å². The first-order valence-electron chi connectivity index (χ1n) is 4.93. The first kappa shape index (κ1) is 12.8. The van der Waals surface area contributed by atoms with Crippen LogP contribution in [0.25, 0.3) is 0 Å². The normalized spacial score (nSPS) is 11.6. The number of ether oxygens (including phenoxy) is 1. The number of aliphatic carboxylic acids is 1. The third-order valence-corrected chi connectivity index (χ3v) is 1.97. The van der Waals surface area contributed by atoms with Crippen LogP contribution in [0.4, 0.5) is 0 Å². The summed E-state index contributed by atoms with van der Waals surface area (Å²) in [6.07, 6.45) is 0. The molecular formula is C11H13NO5. The molecule has 0 bridgehead atoms. The van der Waals surface area contributed by atoms with Crippen LogP contribution >= 0.6 is 0 Å². The lowest BCUT2D eigenvalue weighted by Crippen LogP contribution is -2.40. The third-order valence-electron chi connectivity index (χ3n) is 1.97. The molecule has 92 valence electrons. The number of carboxylic acid groups (broad SMARTS) is 1. The molecular weight excluding hydrogens is 226 g/mol. The average Bonchev–Trinajstić information content (AvgIpc) is 2.27. The fourth-order valence-corrected chi connectivity index (χ4v) is 1.07. The Morgan fingerprint density at radius 2 is 2.06 bits per heavy atom. The van der Waals surface area contributed by atoms with Gasteiger partial charge in [-0.1, -0.05) is 12.1 Å². The summed E-state index contributed by atoms with van der Waals surface area (Å²) >= 11 is 0. The Kier molecular flexibility index (Phi) is 4.33. The Morgan fingerprint density at radius 1 is 1.41 bits per heavy atom. The number of rotatable bonds is 5. The Hall–Kier alpha value is -2.24. The molecule has 0 aliphatic heterocycles. The van der Waals surface area contributed by atoms with Crippen molar-refractivity contribution < 1.29 is 24.5 Å². The van der Waals surface area contributed by atoms with E-state index < -0.39 is 17.9 Å². The molecule has 1 amide bonds. The van der Waals surface area contributed by atoms with Gasteiger partial charge in [0.2, 0.25) is 0 Å². The summed E-state index contributed by atoms with van der Waals surface area (Å²) in [6.45, 7) is 0.995. The molecule has 1 aromatic rings. The van der Waals surface area contributed by atoms with E-state index in [1.807, 2.05) is 0 Å². The highest BCUT2D eigenvalue weighted by Gasteiger charge is 2.14. The fourth-order valence-electron chi connectivity index (χ4n) is 1.07. The predicted octanol–water partition coefficient (Wildman–Crippen LogP) is 0.360. The van der Waals surface area contributed by atoms with Crippen LogP contribution in [-0.2, 0) is 9.59 Å². The lowest BCUT2D eigenvalue weighted by Gasteiger charge is -2.10. The molecule has 0 radical (unpaired) electrons. The molecule has 0 aromatic heterocycles. The van der Waals surface area contributed by atoms with Crippen LogP contribution in [0.3, 0.4) is 0 Å². The molecule has 0 fully saturated rings. The maximum atomic E-state index is 11.3. The highest BCUT2D eigenvalue weighted by atomic mass is 16.5. The average molecular weight is 239 g/mol. The van der Waals surface area contributed by atoms with Crippen molar-refractivity contribution in [3.8, 4) is 11.5 Å². The zero-order valence-corrected chi connectivity index (χ0v) is 9.21. The van der Waals surface area contributed by atoms with Crippen LogP contribution in [0.2, 0.25) is 0 Å². The fraction of sp³-hybridized carbons (Fsp3) is 0.273. The van der Waals surface area contributed by atoms with Gasteiger partial charge in [0.15, 0.2) is 18.1 Å². The van der Waals surface area contributed by atoms with Gasteiger partial charge < -0.3 is 20.3 Å². The van der Waals surface area contributed by atoms with E-state index in [1.54, 1.807) is 12.1 Å². The van der Waals surface area contributed by atoms with Gasteiger partial charge in [-0.05, 0) is 19.1 Å². The summed E-state index contributed by atoms with van der Waals surface area (Å²) in [4.78, 5) is 21.7. The van der Waals surface area contributed by atoms with Gasteiger partial charge >= 0.3 is 5.97 Å². The van der Waals surface area contributed by atoms with Crippen LogP contribution < -0.4 is 10.1 Å². The van der Waals surface area contributed by atoms with Gasteiger partial charge in [0.05, 0.1) is 0 Å². The Balaban J connectivity index is 2.44. The number of benzene rings is 1. The van der Waals surface area contributed by atoms with Crippen molar-refractivity contribution in [2.75, 3.05) is 6.61 Å². The Morgan fingerprint density at radius 3 is 2.65 bits per heavy atom. The number of para-hydroxylation sites is 2. The van der Waals surface area contributed by atoms with Gasteiger partial charge in [-0.3, -0.25) is 9.59 Å². The Bertz CT molecular complexity index is 418. The maximum Gasteiger partial charge on any atom is 0.325 e. The monoisotopic (exact) mass is 239 g/mol. The molecule has 6 nitrogen and oxygen atoms in total. The summed E-state index contributed by atoms with van der Waals surface area (Å²) in [5.41, 5.74) is 0. The molecule has 1 aromatic carbocycles. The molecule has 0 heterocycles. The van der Waals surface area contributed by atoms with E-state index in [0.29, 0.717) is 0 Å². The zero-order valence-electron chi connectivity index (χ0n) is 9.21. The SMILES string of the molecule is CC(NC(=O)COc1ccccc1O)C(=O)O. The third kappa shape index (κ3) is 4.02. The van der Waals surface area contributed by atoms with Crippen molar-refractivity contribution in [3.63, 3.8) is 0 Å². The molecule has 0 saturated carbocycles. The van der Waals surface area contributed by atoms with E-state index in [-0.39, 0.29) is 18.1 Å². The molecule has 0 spiro atoms. The number of amides is 1. The minimum absolute atomic E-state index is 0.0772. The molecule has 0 aliphatic carbocycles. The van der Waals surface area contributed by atoms with Gasteiger partial charge in [-0.2, -0.15) is 0 Å². The van der Waals surface area contributed by atoms with Gasteiger partial charge in [0.1, 0.15) is 6.04 Å². The molecule has 3 N–H and O–H groups in total. The summed E-state index contributed by atoms with van der Waals surface area (Å²) in [5, 5.41) is 20.1. The number of carbonyl (C=O) groups excluding carboxylic acids is 1. The van der Waals surface area contributed by atoms with Crippen LogP contribution in [0.5, 0.6) is 11.5 Å². The van der Waals surface area contributed by atoms with Gasteiger partial charge in [-0.25, -0.2) is 0 Å². The van der Waals surface area contributed by atoms with Crippen LogP contribution in [-0.4, -0.2) is 34.7 Å². The number of nitrogens with one attached hydrogen (secondary N) is 1. The summed E-state index contributed by atoms with van der Waals surface area (Å²) < 4.78 is 5.02. The van der Waals surface area contributed by atoms with Gasteiger partial charge in [0, 0.05) is 0 Å². The largest absolute Gasteiger partial charge is 0.504 e. The summed E-state index contributed by atoms with van der Waals surface area (Å²) in [7, 11) is 0. The van der Waals surface area contributed by atoms with Gasteiger partial charge in [-0.15, -0.1) is 0 Å². The van der Waals surface area contributed by atoms with Crippen LogP contribution in [0, 0.1) is 0 Å². The Labute approximate surface area is 97.8 Å². The standard InChI is InChI=1S/C11H13NO5/c1-7(11(15)16)12-10(14)6-17-9-5-3-2-4-8(9)13/h2-5,7,13H,6H2,1H3,(H,12,14)(H,15,16). The quantitative estimate of drug-likeness (QED) is 0.689. The van der Waals surface area contributed by atoms with E-state index in [9.17, 15) is 14.7 Å². The van der Waals surface area contributed by atoms with E-state index in [0.717, 1.165) is 0 Å². The number of carbonyl (C=O) groups is 2. The lowest BCUT2D eigenvalue weighted by atomic mass is 10.3. The number of hydrogen-bond acceptors (Lipinski definition) is 4. The number of hydrogen-bond donors (Lipinski definition) is 3. The smallest absolute Gasteiger partial charge is 0.325 e. The van der Waals surface area contributed by atoms with Crippen molar-refractivity contribution in [3.05, 3.63) is 24.3 Å². The molecule has 1 rings (SSSR count). The van der Waals surface area contributed by atoms with E-state index in [4.69, 9.17) is 9.84 Å². The molecule has 6 heteroatoms. The predicted molar refractivity (Wildman–Crippen MR) is 58.8 cm³/mol. The summed E-state index contributed by atoms with van der Waals surface area (Å²) in [5.74, 6) is -1.60. The molecule has 1 unspecified atom stereocenters. The number of phenolic OH excluding ortho intramolecular Hbond substituents is 1. The molecule has 0 saturated heterocycles. The second-order valence-electron chi connectivity index (χ2n) is 3.38. The second-order valence-corrected chi connectivity index (χ2v) is 3.38. The molecule has 17 heavy (non-hydrogen) atoms.